The van der Waals surface area contributed by atoms with Gasteiger partial charge in [-0.2, -0.15) is 0 Å². The summed E-state index contributed by atoms with van der Waals surface area (Å²) in [6.45, 7) is 6.23. The summed E-state index contributed by atoms with van der Waals surface area (Å²) >= 11 is 1.74. The van der Waals surface area contributed by atoms with Gasteiger partial charge in [0.2, 0.25) is 0 Å². The lowest BCUT2D eigenvalue weighted by Crippen LogP contribution is -2.07. The molecule has 0 saturated heterocycles. The predicted molar refractivity (Wildman–Crippen MR) is 85.0 cm³/mol. The van der Waals surface area contributed by atoms with Crippen molar-refractivity contribution in [3.63, 3.8) is 0 Å². The Kier molecular flexibility index (Phi) is 3.70. The van der Waals surface area contributed by atoms with Crippen LogP contribution in [0.25, 0.3) is 5.82 Å². The number of aromatic nitrogens is 4. The van der Waals surface area contributed by atoms with Crippen molar-refractivity contribution in [2.45, 2.75) is 26.8 Å². The first-order valence-corrected chi connectivity index (χ1v) is 7.60. The number of imidazole rings is 1. The van der Waals surface area contributed by atoms with Gasteiger partial charge in [-0.15, -0.1) is 11.3 Å². The summed E-state index contributed by atoms with van der Waals surface area (Å²) in [6, 6.07) is 4.22. The molecule has 1 atom stereocenters. The summed E-state index contributed by atoms with van der Waals surface area (Å²) in [7, 11) is 0. The molecule has 0 aliphatic heterocycles. The number of hydrogen-bond acceptors (Lipinski definition) is 5. The highest BCUT2D eigenvalue weighted by molar-refractivity contribution is 7.11. The molecule has 0 fully saturated rings. The van der Waals surface area contributed by atoms with E-state index in [-0.39, 0.29) is 6.04 Å². The molecule has 5 nitrogen and oxygen atoms in total. The molecule has 0 radical (unpaired) electrons. The minimum absolute atomic E-state index is 0.220. The lowest BCUT2D eigenvalue weighted by molar-refractivity contribution is 0.886. The minimum atomic E-state index is 0.220. The highest BCUT2D eigenvalue weighted by Gasteiger charge is 2.12. The average Bonchev–Trinajstić information content (AvgIpc) is 3.09. The molecule has 0 bridgehead atoms. The van der Waals surface area contributed by atoms with Gasteiger partial charge in [-0.25, -0.2) is 15.0 Å². The fourth-order valence-electron chi connectivity index (χ4n) is 2.28. The second-order valence-corrected chi connectivity index (χ2v) is 6.16. The van der Waals surface area contributed by atoms with Gasteiger partial charge in [0, 0.05) is 17.3 Å². The third-order valence-corrected chi connectivity index (χ3v) is 4.49. The Morgan fingerprint density at radius 3 is 2.71 bits per heavy atom. The molecule has 21 heavy (non-hydrogen) atoms. The number of hydrogen-bond donors (Lipinski definition) is 1. The van der Waals surface area contributed by atoms with Gasteiger partial charge in [0.15, 0.2) is 0 Å². The van der Waals surface area contributed by atoms with Gasteiger partial charge < -0.3 is 5.32 Å². The fourth-order valence-corrected chi connectivity index (χ4v) is 3.21. The molecule has 0 aliphatic carbocycles. The topological polar surface area (TPSA) is 55.6 Å². The Hall–Kier alpha value is -2.21. The molecule has 0 spiro atoms. The van der Waals surface area contributed by atoms with Gasteiger partial charge in [-0.1, -0.05) is 0 Å². The van der Waals surface area contributed by atoms with Crippen molar-refractivity contribution in [2.75, 3.05) is 5.32 Å². The Morgan fingerprint density at radius 1 is 1.29 bits per heavy atom. The number of pyridine rings is 1. The Balaban J connectivity index is 1.74. The summed E-state index contributed by atoms with van der Waals surface area (Å²) in [6.07, 6.45) is 7.20. The van der Waals surface area contributed by atoms with E-state index < -0.39 is 0 Å². The number of aryl methyl sites for hydroxylation is 2. The first kappa shape index (κ1) is 13.8. The number of nitrogens with one attached hydrogen (secondary N) is 1. The zero-order valence-corrected chi connectivity index (χ0v) is 13.1. The van der Waals surface area contributed by atoms with Crippen LogP contribution in [0.5, 0.6) is 0 Å². The van der Waals surface area contributed by atoms with Gasteiger partial charge in [-0.05, 0) is 32.9 Å². The third-order valence-electron chi connectivity index (χ3n) is 3.23. The van der Waals surface area contributed by atoms with Crippen LogP contribution in [0.3, 0.4) is 0 Å². The number of nitrogens with zero attached hydrogens (tertiary/aromatic N) is 4. The number of thiazole rings is 1. The van der Waals surface area contributed by atoms with Gasteiger partial charge in [0.25, 0.3) is 0 Å². The lowest BCUT2D eigenvalue weighted by atomic mass is 10.2. The maximum atomic E-state index is 4.47. The number of anilines is 1. The third kappa shape index (κ3) is 2.95. The molecule has 6 heteroatoms. The van der Waals surface area contributed by atoms with Crippen molar-refractivity contribution in [1.29, 1.82) is 0 Å². The van der Waals surface area contributed by atoms with E-state index in [1.165, 1.54) is 4.88 Å². The van der Waals surface area contributed by atoms with Crippen LogP contribution in [0, 0.1) is 13.8 Å². The highest BCUT2D eigenvalue weighted by atomic mass is 32.1. The summed E-state index contributed by atoms with van der Waals surface area (Å²) in [5, 5.41) is 4.57. The molecule has 3 aromatic heterocycles. The van der Waals surface area contributed by atoms with E-state index in [0.29, 0.717) is 0 Å². The van der Waals surface area contributed by atoms with E-state index >= 15 is 0 Å². The van der Waals surface area contributed by atoms with Gasteiger partial charge in [-0.3, -0.25) is 4.57 Å². The molecule has 3 rings (SSSR count). The first-order chi connectivity index (χ1) is 10.1. The predicted octanol–water partition coefficient (Wildman–Crippen LogP) is 3.51. The van der Waals surface area contributed by atoms with Crippen molar-refractivity contribution in [3.05, 3.63) is 52.6 Å². The molecule has 1 unspecified atom stereocenters. The van der Waals surface area contributed by atoms with Crippen LogP contribution >= 0.6 is 11.3 Å². The van der Waals surface area contributed by atoms with Crippen molar-refractivity contribution >= 4 is 17.0 Å². The average molecular weight is 299 g/mol. The van der Waals surface area contributed by atoms with Crippen molar-refractivity contribution < 1.29 is 0 Å². The van der Waals surface area contributed by atoms with Crippen LogP contribution in [0.1, 0.15) is 28.5 Å². The zero-order chi connectivity index (χ0) is 14.8. The zero-order valence-electron chi connectivity index (χ0n) is 12.2. The standard InChI is InChI=1S/C15H17N5S/c1-10-15(21-12(3)18-10)11(2)19-13-4-5-14(17-8-13)20-7-6-16-9-20/h4-9,11,19H,1-3H3. The van der Waals surface area contributed by atoms with Crippen molar-refractivity contribution in [1.82, 2.24) is 19.5 Å². The van der Waals surface area contributed by atoms with Gasteiger partial charge >= 0.3 is 0 Å². The molecular weight excluding hydrogens is 282 g/mol. The molecule has 0 saturated carbocycles. The van der Waals surface area contributed by atoms with E-state index in [1.807, 2.05) is 36.0 Å². The second-order valence-electron chi connectivity index (χ2n) is 4.92. The Bertz CT molecular complexity index is 715. The Labute approximate surface area is 127 Å². The minimum Gasteiger partial charge on any atom is -0.376 e. The normalized spacial score (nSPS) is 12.3. The van der Waals surface area contributed by atoms with Crippen LogP contribution in [0.4, 0.5) is 5.69 Å². The molecule has 3 heterocycles. The molecule has 0 aromatic carbocycles. The Morgan fingerprint density at radius 2 is 2.14 bits per heavy atom. The van der Waals surface area contributed by atoms with E-state index in [2.05, 4.69) is 34.1 Å². The van der Waals surface area contributed by atoms with E-state index in [1.54, 1.807) is 23.9 Å². The fraction of sp³-hybridized carbons (Fsp3) is 0.267. The SMILES string of the molecule is Cc1nc(C)c(C(C)Nc2ccc(-n3ccnc3)nc2)s1. The number of rotatable bonds is 4. The highest BCUT2D eigenvalue weighted by Crippen LogP contribution is 2.27. The summed E-state index contributed by atoms with van der Waals surface area (Å²) < 4.78 is 1.88. The molecular formula is C15H17N5S. The maximum absolute atomic E-state index is 4.47. The monoisotopic (exact) mass is 299 g/mol. The van der Waals surface area contributed by atoms with E-state index in [0.717, 1.165) is 22.2 Å². The van der Waals surface area contributed by atoms with Crippen LogP contribution < -0.4 is 5.32 Å². The largest absolute Gasteiger partial charge is 0.376 e. The van der Waals surface area contributed by atoms with Crippen LogP contribution in [-0.4, -0.2) is 19.5 Å². The smallest absolute Gasteiger partial charge is 0.137 e. The molecule has 108 valence electrons. The summed E-state index contributed by atoms with van der Waals surface area (Å²) in [5.74, 6) is 0.857. The quantitative estimate of drug-likeness (QED) is 0.801. The van der Waals surface area contributed by atoms with Gasteiger partial charge in [0.05, 0.1) is 28.6 Å². The van der Waals surface area contributed by atoms with E-state index in [4.69, 9.17) is 0 Å². The lowest BCUT2D eigenvalue weighted by Gasteiger charge is -2.14. The van der Waals surface area contributed by atoms with Crippen molar-refractivity contribution in [2.24, 2.45) is 0 Å². The maximum Gasteiger partial charge on any atom is 0.137 e. The van der Waals surface area contributed by atoms with E-state index in [9.17, 15) is 0 Å². The molecule has 3 aromatic rings. The molecule has 0 amide bonds. The molecule has 1 N–H and O–H groups in total. The summed E-state index contributed by atoms with van der Waals surface area (Å²) in [5.41, 5.74) is 2.09. The van der Waals surface area contributed by atoms with Crippen LogP contribution in [-0.2, 0) is 0 Å². The van der Waals surface area contributed by atoms with Crippen LogP contribution in [0.2, 0.25) is 0 Å². The van der Waals surface area contributed by atoms with Crippen molar-refractivity contribution in [3.8, 4) is 5.82 Å². The first-order valence-electron chi connectivity index (χ1n) is 6.78. The molecule has 0 aliphatic rings. The second kappa shape index (κ2) is 5.65. The summed E-state index contributed by atoms with van der Waals surface area (Å²) in [4.78, 5) is 14.2. The van der Waals surface area contributed by atoms with Gasteiger partial charge in [0.1, 0.15) is 12.1 Å². The van der Waals surface area contributed by atoms with Crippen LogP contribution in [0.15, 0.2) is 37.1 Å².